The number of benzene rings is 2. The van der Waals surface area contributed by atoms with Crippen molar-refractivity contribution in [2.45, 2.75) is 32.5 Å². The zero-order valence-electron chi connectivity index (χ0n) is 16.1. The molecule has 3 N–H and O–H groups in total. The minimum absolute atomic E-state index is 0.211. The molecule has 0 saturated heterocycles. The molecule has 0 fully saturated rings. The fourth-order valence-electron chi connectivity index (χ4n) is 3.28. The molecule has 1 heterocycles. The third-order valence-corrected chi connectivity index (χ3v) is 4.56. The maximum atomic E-state index is 12.8. The lowest BCUT2D eigenvalue weighted by Crippen LogP contribution is -2.47. The van der Waals surface area contributed by atoms with Crippen LogP contribution in [0.15, 0.2) is 54.7 Å². The summed E-state index contributed by atoms with van der Waals surface area (Å²) in [4.78, 5) is 27.6. The molecule has 1 aromatic heterocycles. The van der Waals surface area contributed by atoms with Crippen LogP contribution in [-0.2, 0) is 33.9 Å². The van der Waals surface area contributed by atoms with Gasteiger partial charge in [0.2, 0.25) is 11.8 Å². The van der Waals surface area contributed by atoms with E-state index >= 15 is 0 Å². The second kappa shape index (κ2) is 9.19. The van der Waals surface area contributed by atoms with Gasteiger partial charge in [-0.3, -0.25) is 9.59 Å². The number of rotatable bonds is 8. The number of carbonyl (C=O) groups is 2. The van der Waals surface area contributed by atoms with E-state index in [9.17, 15) is 9.59 Å². The van der Waals surface area contributed by atoms with Gasteiger partial charge in [0.15, 0.2) is 0 Å². The zero-order chi connectivity index (χ0) is 19.9. The van der Waals surface area contributed by atoms with Crippen molar-refractivity contribution in [3.63, 3.8) is 0 Å². The molecule has 0 radical (unpaired) electrons. The maximum Gasteiger partial charge on any atom is 0.243 e. The third-order valence-electron chi connectivity index (χ3n) is 4.56. The number of H-pyrrole nitrogens is 1. The fourth-order valence-corrected chi connectivity index (χ4v) is 3.28. The average Bonchev–Trinajstić information content (AvgIpc) is 3.09. The van der Waals surface area contributed by atoms with E-state index in [0.29, 0.717) is 19.6 Å². The van der Waals surface area contributed by atoms with Crippen molar-refractivity contribution >= 4 is 22.7 Å². The van der Waals surface area contributed by atoms with E-state index in [1.807, 2.05) is 54.7 Å². The molecule has 3 rings (SSSR count). The van der Waals surface area contributed by atoms with Crippen LogP contribution in [0.4, 0.5) is 0 Å². The van der Waals surface area contributed by atoms with Crippen LogP contribution in [0.5, 0.6) is 0 Å². The SMILES string of the molecule is COCc1cccc(CNC(=O)C(Cc2c[nH]c3ccccc23)NC(C)=O)c1. The number of amides is 2. The second-order valence-corrected chi connectivity index (χ2v) is 6.79. The van der Waals surface area contributed by atoms with Crippen LogP contribution in [0.25, 0.3) is 10.9 Å². The maximum absolute atomic E-state index is 12.8. The molecule has 1 unspecified atom stereocenters. The van der Waals surface area contributed by atoms with E-state index in [1.165, 1.54) is 6.92 Å². The Morgan fingerprint density at radius 2 is 1.89 bits per heavy atom. The molecule has 0 spiro atoms. The van der Waals surface area contributed by atoms with Gasteiger partial charge in [0.05, 0.1) is 6.61 Å². The molecule has 0 saturated carbocycles. The van der Waals surface area contributed by atoms with Crippen LogP contribution in [0.2, 0.25) is 0 Å². The van der Waals surface area contributed by atoms with Crippen LogP contribution in [0.3, 0.4) is 0 Å². The Hall–Kier alpha value is -3.12. The first-order chi connectivity index (χ1) is 13.6. The summed E-state index contributed by atoms with van der Waals surface area (Å²) in [5, 5.41) is 6.75. The van der Waals surface area contributed by atoms with Crippen molar-refractivity contribution < 1.29 is 14.3 Å². The van der Waals surface area contributed by atoms with Crippen LogP contribution in [0, 0.1) is 0 Å². The summed E-state index contributed by atoms with van der Waals surface area (Å²) in [6.45, 7) is 2.33. The molecule has 146 valence electrons. The van der Waals surface area contributed by atoms with Crippen molar-refractivity contribution in [2.24, 2.45) is 0 Å². The number of aromatic nitrogens is 1. The van der Waals surface area contributed by atoms with Gasteiger partial charge in [-0.25, -0.2) is 0 Å². The number of hydrogen-bond donors (Lipinski definition) is 3. The van der Waals surface area contributed by atoms with Crippen molar-refractivity contribution in [1.82, 2.24) is 15.6 Å². The molecular formula is C22H25N3O3. The molecule has 0 bridgehead atoms. The lowest BCUT2D eigenvalue weighted by molar-refractivity contribution is -0.128. The number of nitrogens with one attached hydrogen (secondary N) is 3. The minimum Gasteiger partial charge on any atom is -0.380 e. The monoisotopic (exact) mass is 379 g/mol. The van der Waals surface area contributed by atoms with Gasteiger partial charge in [0.1, 0.15) is 6.04 Å². The van der Waals surface area contributed by atoms with E-state index in [-0.39, 0.29) is 11.8 Å². The van der Waals surface area contributed by atoms with Gasteiger partial charge in [0, 0.05) is 44.1 Å². The third kappa shape index (κ3) is 4.98. The molecule has 6 heteroatoms. The van der Waals surface area contributed by atoms with Crippen molar-refractivity contribution in [3.8, 4) is 0 Å². The van der Waals surface area contributed by atoms with Crippen LogP contribution >= 0.6 is 0 Å². The number of carbonyl (C=O) groups excluding carboxylic acids is 2. The van der Waals surface area contributed by atoms with Crippen LogP contribution in [-0.4, -0.2) is 29.9 Å². The van der Waals surface area contributed by atoms with Crippen molar-refractivity contribution in [3.05, 3.63) is 71.4 Å². The number of hydrogen-bond acceptors (Lipinski definition) is 3. The molecule has 2 aromatic carbocycles. The Kier molecular flexibility index (Phi) is 6.45. The Bertz CT molecular complexity index is 964. The highest BCUT2D eigenvalue weighted by Crippen LogP contribution is 2.19. The molecule has 0 aliphatic rings. The van der Waals surface area contributed by atoms with Crippen LogP contribution < -0.4 is 10.6 Å². The lowest BCUT2D eigenvalue weighted by Gasteiger charge is -2.17. The summed E-state index contributed by atoms with van der Waals surface area (Å²) in [6, 6.07) is 15.1. The lowest BCUT2D eigenvalue weighted by atomic mass is 10.0. The summed E-state index contributed by atoms with van der Waals surface area (Å²) in [5.41, 5.74) is 4.03. The van der Waals surface area contributed by atoms with E-state index in [0.717, 1.165) is 27.6 Å². The highest BCUT2D eigenvalue weighted by atomic mass is 16.5. The first-order valence-corrected chi connectivity index (χ1v) is 9.23. The van der Waals surface area contributed by atoms with Crippen molar-refractivity contribution in [2.75, 3.05) is 7.11 Å². The summed E-state index contributed by atoms with van der Waals surface area (Å²) >= 11 is 0. The van der Waals surface area contributed by atoms with E-state index in [4.69, 9.17) is 4.74 Å². The quantitative estimate of drug-likeness (QED) is 0.563. The summed E-state index contributed by atoms with van der Waals surface area (Å²) in [6.07, 6.45) is 2.31. The average molecular weight is 379 g/mol. The number of ether oxygens (including phenoxy) is 1. The van der Waals surface area contributed by atoms with E-state index in [1.54, 1.807) is 7.11 Å². The Balaban J connectivity index is 1.69. The second-order valence-electron chi connectivity index (χ2n) is 6.79. The Labute approximate surface area is 164 Å². The smallest absolute Gasteiger partial charge is 0.243 e. The van der Waals surface area contributed by atoms with Gasteiger partial charge >= 0.3 is 0 Å². The minimum atomic E-state index is -0.640. The Morgan fingerprint density at radius 3 is 2.68 bits per heavy atom. The molecule has 1 atom stereocenters. The van der Waals surface area contributed by atoms with E-state index < -0.39 is 6.04 Å². The molecule has 3 aromatic rings. The molecule has 0 aliphatic heterocycles. The van der Waals surface area contributed by atoms with Gasteiger partial charge < -0.3 is 20.4 Å². The fraction of sp³-hybridized carbons (Fsp3) is 0.273. The molecule has 0 aliphatic carbocycles. The first-order valence-electron chi connectivity index (χ1n) is 9.23. The van der Waals surface area contributed by atoms with Gasteiger partial charge in [-0.05, 0) is 22.8 Å². The van der Waals surface area contributed by atoms with Gasteiger partial charge in [-0.1, -0.05) is 42.5 Å². The molecule has 2 amide bonds. The highest BCUT2D eigenvalue weighted by Gasteiger charge is 2.21. The standard InChI is InChI=1S/C22H25N3O3/c1-15(26)25-21(11-18-13-23-20-9-4-3-8-19(18)20)22(27)24-12-16-6-5-7-17(10-16)14-28-2/h3-10,13,21,23H,11-12,14H2,1-2H3,(H,24,27)(H,25,26). The number of aromatic amines is 1. The Morgan fingerprint density at radius 1 is 1.11 bits per heavy atom. The first kappa shape index (κ1) is 19.6. The summed E-state index contributed by atoms with van der Waals surface area (Å²) in [5.74, 6) is -0.445. The van der Waals surface area contributed by atoms with E-state index in [2.05, 4.69) is 15.6 Å². The van der Waals surface area contributed by atoms with Gasteiger partial charge in [-0.2, -0.15) is 0 Å². The number of fused-ring (bicyclic) bond motifs is 1. The summed E-state index contributed by atoms with van der Waals surface area (Å²) < 4.78 is 5.15. The number of para-hydroxylation sites is 1. The van der Waals surface area contributed by atoms with Crippen LogP contribution in [0.1, 0.15) is 23.6 Å². The number of methoxy groups -OCH3 is 1. The van der Waals surface area contributed by atoms with Gasteiger partial charge in [-0.15, -0.1) is 0 Å². The predicted molar refractivity (Wildman–Crippen MR) is 109 cm³/mol. The largest absolute Gasteiger partial charge is 0.380 e. The molecule has 28 heavy (non-hydrogen) atoms. The molecule has 6 nitrogen and oxygen atoms in total. The van der Waals surface area contributed by atoms with Crippen molar-refractivity contribution in [1.29, 1.82) is 0 Å². The molecular weight excluding hydrogens is 354 g/mol. The highest BCUT2D eigenvalue weighted by molar-refractivity contribution is 5.89. The normalized spacial score (nSPS) is 11.9. The topological polar surface area (TPSA) is 83.2 Å². The zero-order valence-corrected chi connectivity index (χ0v) is 16.1. The van der Waals surface area contributed by atoms with Gasteiger partial charge in [0.25, 0.3) is 0 Å². The predicted octanol–water partition coefficient (Wildman–Crippen LogP) is 2.68. The summed E-state index contributed by atoms with van der Waals surface area (Å²) in [7, 11) is 1.65.